The summed E-state index contributed by atoms with van der Waals surface area (Å²) in [5, 5.41) is 3.96. The van der Waals surface area contributed by atoms with Crippen molar-refractivity contribution in [1.82, 2.24) is 14.9 Å². The fraction of sp³-hybridized carbons (Fsp3) is 0.524. The third-order valence-electron chi connectivity index (χ3n) is 4.49. The maximum atomic E-state index is 12.2. The minimum Gasteiger partial charge on any atom is -0.375 e. The van der Waals surface area contributed by atoms with Gasteiger partial charge in [-0.05, 0) is 38.3 Å². The molecule has 27 heavy (non-hydrogen) atoms. The Morgan fingerprint density at radius 2 is 1.96 bits per heavy atom. The quantitative estimate of drug-likeness (QED) is 0.495. The molecule has 5 nitrogen and oxygen atoms in total. The van der Waals surface area contributed by atoms with Gasteiger partial charge in [0.15, 0.2) is 5.16 Å². The fourth-order valence-corrected chi connectivity index (χ4v) is 3.78. The van der Waals surface area contributed by atoms with Crippen molar-refractivity contribution in [2.75, 3.05) is 30.8 Å². The molecule has 0 saturated heterocycles. The molecule has 0 aliphatic carbocycles. The molecule has 0 aliphatic heterocycles. The molecule has 1 amide bonds. The van der Waals surface area contributed by atoms with Gasteiger partial charge in [0.25, 0.3) is 0 Å². The van der Waals surface area contributed by atoms with Crippen molar-refractivity contribution in [2.45, 2.75) is 45.8 Å². The Morgan fingerprint density at radius 3 is 2.63 bits per heavy atom. The highest BCUT2D eigenvalue weighted by Gasteiger charge is 2.14. The molecule has 148 valence electrons. The van der Waals surface area contributed by atoms with Crippen molar-refractivity contribution in [1.29, 1.82) is 0 Å². The molecule has 0 atom stereocenters. The smallest absolute Gasteiger partial charge is 0.230 e. The second kappa shape index (κ2) is 10.4. The molecule has 0 saturated carbocycles. The predicted molar refractivity (Wildman–Crippen MR) is 115 cm³/mol. The Kier molecular flexibility index (Phi) is 8.23. The van der Waals surface area contributed by atoms with Crippen LogP contribution < -0.4 is 10.2 Å². The predicted octanol–water partition coefficient (Wildman–Crippen LogP) is 3.89. The van der Waals surface area contributed by atoms with Gasteiger partial charge in [-0.1, -0.05) is 43.8 Å². The summed E-state index contributed by atoms with van der Waals surface area (Å²) in [6.07, 6.45) is 0.919. The third kappa shape index (κ3) is 6.61. The SMILES string of the molecule is Cc1nc(SCC(=O)NCCCN(C)c2ccccc2)n(CC(C)C)c1C. The van der Waals surface area contributed by atoms with Crippen molar-refractivity contribution in [3.63, 3.8) is 0 Å². The minimum atomic E-state index is 0.0665. The molecular formula is C21H32N4OS. The number of amides is 1. The van der Waals surface area contributed by atoms with Crippen LogP contribution >= 0.6 is 11.8 Å². The maximum absolute atomic E-state index is 12.2. The van der Waals surface area contributed by atoms with Gasteiger partial charge in [-0.15, -0.1) is 0 Å². The van der Waals surface area contributed by atoms with Gasteiger partial charge in [-0.25, -0.2) is 4.98 Å². The number of anilines is 1. The van der Waals surface area contributed by atoms with E-state index in [1.165, 1.54) is 23.1 Å². The summed E-state index contributed by atoms with van der Waals surface area (Å²) in [7, 11) is 2.08. The number of rotatable bonds is 10. The average molecular weight is 389 g/mol. The Labute approximate surface area is 167 Å². The minimum absolute atomic E-state index is 0.0665. The molecule has 0 fully saturated rings. The number of nitrogens with one attached hydrogen (secondary N) is 1. The number of aryl methyl sites for hydroxylation is 1. The Balaban J connectivity index is 1.73. The van der Waals surface area contributed by atoms with E-state index in [2.05, 4.69) is 59.7 Å². The lowest BCUT2D eigenvalue weighted by molar-refractivity contribution is -0.118. The van der Waals surface area contributed by atoms with Crippen LogP contribution in [0.15, 0.2) is 35.5 Å². The summed E-state index contributed by atoms with van der Waals surface area (Å²) in [5.41, 5.74) is 3.43. The lowest BCUT2D eigenvalue weighted by Gasteiger charge is -2.19. The molecule has 6 heteroatoms. The molecule has 0 radical (unpaired) electrons. The monoisotopic (exact) mass is 388 g/mol. The van der Waals surface area contributed by atoms with Crippen LogP contribution in [0.3, 0.4) is 0 Å². The molecule has 0 aliphatic rings. The van der Waals surface area contributed by atoms with Crippen molar-refractivity contribution in [2.24, 2.45) is 5.92 Å². The highest BCUT2D eigenvalue weighted by atomic mass is 32.2. The van der Waals surface area contributed by atoms with Crippen molar-refractivity contribution >= 4 is 23.4 Å². The summed E-state index contributed by atoms with van der Waals surface area (Å²) in [5.74, 6) is 1.02. The summed E-state index contributed by atoms with van der Waals surface area (Å²) in [6.45, 7) is 11.1. The van der Waals surface area contributed by atoms with E-state index in [-0.39, 0.29) is 5.91 Å². The van der Waals surface area contributed by atoms with Crippen LogP contribution in [0, 0.1) is 19.8 Å². The van der Waals surface area contributed by atoms with Crippen LogP contribution in [-0.4, -0.2) is 41.3 Å². The van der Waals surface area contributed by atoms with E-state index in [0.29, 0.717) is 18.2 Å². The van der Waals surface area contributed by atoms with E-state index in [9.17, 15) is 4.79 Å². The van der Waals surface area contributed by atoms with E-state index in [1.807, 2.05) is 25.1 Å². The zero-order chi connectivity index (χ0) is 19.8. The van der Waals surface area contributed by atoms with Crippen LogP contribution in [0.4, 0.5) is 5.69 Å². The van der Waals surface area contributed by atoms with Crippen molar-refractivity contribution in [3.05, 3.63) is 41.7 Å². The molecule has 1 heterocycles. The second-order valence-corrected chi connectivity index (χ2v) is 8.26. The number of nitrogens with zero attached hydrogens (tertiary/aromatic N) is 3. The first-order chi connectivity index (χ1) is 12.9. The number of hydrogen-bond acceptors (Lipinski definition) is 4. The van der Waals surface area contributed by atoms with Crippen LogP contribution in [0.2, 0.25) is 0 Å². The first-order valence-corrected chi connectivity index (χ1v) is 10.6. The normalized spacial score (nSPS) is 11.0. The first kappa shape index (κ1) is 21.4. The maximum Gasteiger partial charge on any atom is 0.230 e. The average Bonchev–Trinajstić information content (AvgIpc) is 2.91. The summed E-state index contributed by atoms with van der Waals surface area (Å²) >= 11 is 1.52. The van der Waals surface area contributed by atoms with E-state index in [0.717, 1.165) is 30.4 Å². The standard InChI is InChI=1S/C21H32N4OS/c1-16(2)14-25-18(4)17(3)23-21(25)27-15-20(26)22-12-9-13-24(5)19-10-7-6-8-11-19/h6-8,10-11,16H,9,12-15H2,1-5H3,(H,22,26). The zero-order valence-corrected chi connectivity index (χ0v) is 18.0. The number of hydrogen-bond donors (Lipinski definition) is 1. The van der Waals surface area contributed by atoms with Crippen LogP contribution in [0.25, 0.3) is 0 Å². The van der Waals surface area contributed by atoms with Gasteiger partial charge in [0, 0.05) is 38.1 Å². The summed E-state index contributed by atoms with van der Waals surface area (Å²) in [6, 6.07) is 10.3. The van der Waals surface area contributed by atoms with Crippen LogP contribution in [0.5, 0.6) is 0 Å². The highest BCUT2D eigenvalue weighted by Crippen LogP contribution is 2.22. The van der Waals surface area contributed by atoms with Gasteiger partial charge >= 0.3 is 0 Å². The lowest BCUT2D eigenvalue weighted by atomic mass is 10.2. The number of imidazole rings is 1. The first-order valence-electron chi connectivity index (χ1n) is 9.58. The van der Waals surface area contributed by atoms with Gasteiger partial charge in [0.1, 0.15) is 0 Å². The molecule has 1 N–H and O–H groups in total. The molecule has 0 bridgehead atoms. The summed E-state index contributed by atoms with van der Waals surface area (Å²) < 4.78 is 2.23. The number of aromatic nitrogens is 2. The van der Waals surface area contributed by atoms with Gasteiger partial charge in [0.05, 0.1) is 11.4 Å². The summed E-state index contributed by atoms with van der Waals surface area (Å²) in [4.78, 5) is 19.0. The molecule has 2 aromatic rings. The topological polar surface area (TPSA) is 50.2 Å². The van der Waals surface area contributed by atoms with Gasteiger partial charge in [-0.3, -0.25) is 4.79 Å². The van der Waals surface area contributed by atoms with E-state index in [1.54, 1.807) is 0 Å². The third-order valence-corrected chi connectivity index (χ3v) is 5.47. The van der Waals surface area contributed by atoms with Crippen LogP contribution in [-0.2, 0) is 11.3 Å². The number of benzene rings is 1. The number of thioether (sulfide) groups is 1. The van der Waals surface area contributed by atoms with E-state index in [4.69, 9.17) is 0 Å². The Bertz CT molecular complexity index is 727. The Morgan fingerprint density at radius 1 is 1.26 bits per heavy atom. The zero-order valence-electron chi connectivity index (χ0n) is 17.2. The van der Waals surface area contributed by atoms with Gasteiger partial charge < -0.3 is 14.8 Å². The molecule has 1 aromatic carbocycles. The molecule has 1 aromatic heterocycles. The van der Waals surface area contributed by atoms with Crippen molar-refractivity contribution in [3.8, 4) is 0 Å². The molecular weight excluding hydrogens is 356 g/mol. The Hall–Kier alpha value is -1.95. The van der Waals surface area contributed by atoms with Gasteiger partial charge in [0.2, 0.25) is 5.91 Å². The number of carbonyl (C=O) groups is 1. The van der Waals surface area contributed by atoms with Crippen molar-refractivity contribution < 1.29 is 4.79 Å². The number of carbonyl (C=O) groups excluding carboxylic acids is 1. The van der Waals surface area contributed by atoms with E-state index < -0.39 is 0 Å². The molecule has 0 unspecified atom stereocenters. The highest BCUT2D eigenvalue weighted by molar-refractivity contribution is 7.99. The lowest BCUT2D eigenvalue weighted by Crippen LogP contribution is -2.29. The van der Waals surface area contributed by atoms with Gasteiger partial charge in [-0.2, -0.15) is 0 Å². The molecule has 2 rings (SSSR count). The second-order valence-electron chi connectivity index (χ2n) is 7.32. The number of para-hydroxylation sites is 1. The largest absolute Gasteiger partial charge is 0.375 e. The fourth-order valence-electron chi connectivity index (χ4n) is 2.85. The molecule has 0 spiro atoms. The van der Waals surface area contributed by atoms with Crippen LogP contribution in [0.1, 0.15) is 31.7 Å². The van der Waals surface area contributed by atoms with E-state index >= 15 is 0 Å².